The molecule has 0 radical (unpaired) electrons. The van der Waals surface area contributed by atoms with Gasteiger partial charge in [0, 0.05) is 5.41 Å². The number of benzene rings is 2. The van der Waals surface area contributed by atoms with E-state index in [1.807, 2.05) is 74.5 Å². The molecule has 3 saturated carbocycles. The summed E-state index contributed by atoms with van der Waals surface area (Å²) in [5, 5.41) is 13.4. The molecule has 2 aromatic carbocycles. The molecule has 3 aromatic rings. The molecule has 0 spiro atoms. The summed E-state index contributed by atoms with van der Waals surface area (Å²) in [6.45, 7) is 10.8. The van der Waals surface area contributed by atoms with Gasteiger partial charge in [-0.05, 0) is 67.4 Å². The second kappa shape index (κ2) is 12.8. The zero-order chi connectivity index (χ0) is 35.4. The summed E-state index contributed by atoms with van der Waals surface area (Å²) in [5.41, 5.74) is 0.209. The minimum absolute atomic E-state index is 0.0249. The van der Waals surface area contributed by atoms with Gasteiger partial charge in [-0.1, -0.05) is 101 Å². The number of carbonyl (C=O) groups is 2. The molecule has 2 N–H and O–H groups in total. The highest BCUT2D eigenvalue weighted by Gasteiger charge is 2.68. The van der Waals surface area contributed by atoms with Gasteiger partial charge in [0.05, 0.1) is 30.4 Å². The van der Waals surface area contributed by atoms with Gasteiger partial charge in [-0.3, -0.25) is 19.1 Å². The molecule has 50 heavy (non-hydrogen) atoms. The summed E-state index contributed by atoms with van der Waals surface area (Å²) in [6.07, 6.45) is 7.59. The fourth-order valence-electron chi connectivity index (χ4n) is 9.13. The van der Waals surface area contributed by atoms with E-state index in [1.165, 1.54) is 10.8 Å². The van der Waals surface area contributed by atoms with Crippen molar-refractivity contribution in [3.63, 3.8) is 0 Å². The van der Waals surface area contributed by atoms with Crippen LogP contribution in [-0.2, 0) is 26.1 Å². The molecule has 2 bridgehead atoms. The van der Waals surface area contributed by atoms with Crippen molar-refractivity contribution < 1.29 is 24.0 Å². The van der Waals surface area contributed by atoms with Gasteiger partial charge in [0.15, 0.2) is 0 Å². The first kappa shape index (κ1) is 34.2. The average molecular weight is 679 g/mol. The van der Waals surface area contributed by atoms with Crippen LogP contribution in [0.5, 0.6) is 0 Å². The zero-order valence-electron chi connectivity index (χ0n) is 29.5. The third-order valence-corrected chi connectivity index (χ3v) is 12.2. The highest BCUT2D eigenvalue weighted by molar-refractivity contribution is 6.47. The van der Waals surface area contributed by atoms with Crippen LogP contribution in [-0.4, -0.2) is 51.4 Å². The van der Waals surface area contributed by atoms with E-state index in [0.29, 0.717) is 36.9 Å². The van der Waals surface area contributed by atoms with Crippen molar-refractivity contribution >= 4 is 30.9 Å². The number of aromatic nitrogens is 2. The molecule has 1 saturated heterocycles. The van der Waals surface area contributed by atoms with Crippen molar-refractivity contribution in [3.8, 4) is 0 Å². The minimum Gasteiger partial charge on any atom is -0.465 e. The average Bonchev–Trinajstić information content (AvgIpc) is 3.61. The Morgan fingerprint density at radius 1 is 1.10 bits per heavy atom. The maximum Gasteiger partial charge on any atom is 0.481 e. The van der Waals surface area contributed by atoms with Gasteiger partial charge in [-0.15, -0.1) is 0 Å². The number of rotatable bonds is 10. The number of hydrogen-bond acceptors (Lipinski definition) is 6. The van der Waals surface area contributed by atoms with Crippen molar-refractivity contribution in [1.82, 2.24) is 14.9 Å². The van der Waals surface area contributed by atoms with Crippen LogP contribution < -0.4 is 15.8 Å². The highest BCUT2D eigenvalue weighted by atomic mass is 16.7. The molecule has 0 unspecified atom stereocenters. The van der Waals surface area contributed by atoms with Crippen LogP contribution in [0, 0.1) is 17.3 Å². The third-order valence-electron chi connectivity index (χ3n) is 12.2. The molecule has 11 heteroatoms. The lowest BCUT2D eigenvalue weighted by Gasteiger charge is -2.64. The fourth-order valence-corrected chi connectivity index (χ4v) is 9.13. The van der Waals surface area contributed by atoms with Crippen LogP contribution >= 0.6 is 0 Å². The predicted octanol–water partition coefficient (Wildman–Crippen LogP) is 6.40. The van der Waals surface area contributed by atoms with E-state index < -0.39 is 41.8 Å². The second-order valence-electron chi connectivity index (χ2n) is 15.7. The van der Waals surface area contributed by atoms with E-state index in [1.54, 1.807) is 12.1 Å². The van der Waals surface area contributed by atoms with Gasteiger partial charge in [0.1, 0.15) is 17.6 Å². The van der Waals surface area contributed by atoms with Crippen LogP contribution in [0.15, 0.2) is 77.7 Å². The molecule has 1 aromatic heterocycles. The van der Waals surface area contributed by atoms with Crippen molar-refractivity contribution in [2.45, 2.75) is 102 Å². The van der Waals surface area contributed by atoms with E-state index in [9.17, 15) is 19.5 Å². The van der Waals surface area contributed by atoms with Gasteiger partial charge in [-0.25, -0.2) is 9.78 Å². The quantitative estimate of drug-likeness (QED) is 0.238. The van der Waals surface area contributed by atoms with Crippen molar-refractivity contribution in [3.05, 3.63) is 100 Å². The first-order valence-electron chi connectivity index (χ1n) is 17.9. The Morgan fingerprint density at radius 2 is 1.80 bits per heavy atom. The standard InChI is InChI=1S/C39H47BN4O6/c1-6-32(40-49-31-21-27-20-30(37(27,2)3)39(31,5)50-40)42-33(45)28-22-38(4,19-13-18-25-14-9-7-10-15-25)35-41-23-29(34(46)44(28)35)43(36(47)48)24-26-16-11-8-12-17-26/h7-18,23,27-28,30-32H,6,19-22,24H2,1-5H3,(H,42,45)(H,47,48)/b18-13+/t27-,28-,30-,31+,32-,38+,39-/m0/s1. The normalized spacial score (nSPS) is 29.6. The van der Waals surface area contributed by atoms with Crippen LogP contribution in [0.25, 0.3) is 6.08 Å². The van der Waals surface area contributed by atoms with Gasteiger partial charge < -0.3 is 19.7 Å². The van der Waals surface area contributed by atoms with Gasteiger partial charge >= 0.3 is 13.2 Å². The van der Waals surface area contributed by atoms with Crippen LogP contribution in [0.2, 0.25) is 0 Å². The van der Waals surface area contributed by atoms with Gasteiger partial charge in [-0.2, -0.15) is 0 Å². The first-order chi connectivity index (χ1) is 23.9. The zero-order valence-corrected chi connectivity index (χ0v) is 29.5. The minimum atomic E-state index is -1.28. The topological polar surface area (TPSA) is 123 Å². The summed E-state index contributed by atoms with van der Waals surface area (Å²) in [6, 6.07) is 18.1. The Bertz CT molecular complexity index is 1850. The highest BCUT2D eigenvalue weighted by Crippen LogP contribution is 2.65. The lowest BCUT2D eigenvalue weighted by atomic mass is 9.43. The van der Waals surface area contributed by atoms with Crippen LogP contribution in [0.4, 0.5) is 10.5 Å². The van der Waals surface area contributed by atoms with Gasteiger partial charge in [0.25, 0.3) is 5.56 Å². The summed E-state index contributed by atoms with van der Waals surface area (Å²) in [7, 11) is -0.607. The summed E-state index contributed by atoms with van der Waals surface area (Å²) in [4.78, 5) is 47.1. The van der Waals surface area contributed by atoms with Crippen LogP contribution in [0.3, 0.4) is 0 Å². The summed E-state index contributed by atoms with van der Waals surface area (Å²) in [5.74, 6) is 0.679. The molecule has 7 atom stereocenters. The molecular weight excluding hydrogens is 631 g/mol. The van der Waals surface area contributed by atoms with Crippen LogP contribution in [0.1, 0.15) is 89.7 Å². The Hall–Kier alpha value is -4.22. The number of anilines is 1. The summed E-state index contributed by atoms with van der Waals surface area (Å²) >= 11 is 0. The van der Waals surface area contributed by atoms with E-state index in [-0.39, 0.29) is 29.7 Å². The second-order valence-corrected chi connectivity index (χ2v) is 15.7. The monoisotopic (exact) mass is 678 g/mol. The number of nitrogens with one attached hydrogen (secondary N) is 1. The number of fused-ring (bicyclic) bond motifs is 1. The Balaban J connectivity index is 1.19. The molecule has 8 rings (SSSR count). The number of carboxylic acid groups (broad SMARTS) is 1. The molecule has 3 heterocycles. The molecule has 2 aliphatic heterocycles. The fraction of sp³-hybridized carbons (Fsp3) is 0.487. The van der Waals surface area contributed by atoms with Crippen molar-refractivity contribution in [2.75, 3.05) is 4.90 Å². The lowest BCUT2D eigenvalue weighted by molar-refractivity contribution is -0.199. The maximum absolute atomic E-state index is 14.4. The van der Waals surface area contributed by atoms with E-state index in [2.05, 4.69) is 26.1 Å². The molecule has 4 fully saturated rings. The molecule has 262 valence electrons. The Labute approximate surface area is 294 Å². The Morgan fingerprint density at radius 3 is 2.46 bits per heavy atom. The molecule has 5 aliphatic rings. The smallest absolute Gasteiger partial charge is 0.465 e. The van der Waals surface area contributed by atoms with E-state index in [0.717, 1.165) is 28.9 Å². The number of amides is 2. The van der Waals surface area contributed by atoms with Gasteiger partial charge in [0.2, 0.25) is 5.91 Å². The molecular formula is C39H47BN4O6. The van der Waals surface area contributed by atoms with E-state index >= 15 is 0 Å². The number of allylic oxidation sites excluding steroid dienone is 1. The summed E-state index contributed by atoms with van der Waals surface area (Å²) < 4.78 is 14.7. The Kier molecular flexibility index (Phi) is 8.79. The number of hydrogen-bond donors (Lipinski definition) is 2. The first-order valence-corrected chi connectivity index (χ1v) is 17.9. The number of carbonyl (C=O) groups excluding carboxylic acids is 1. The lowest BCUT2D eigenvalue weighted by Crippen LogP contribution is -2.65. The van der Waals surface area contributed by atoms with Crippen molar-refractivity contribution in [1.29, 1.82) is 0 Å². The predicted molar refractivity (Wildman–Crippen MR) is 193 cm³/mol. The largest absolute Gasteiger partial charge is 0.481 e. The molecule has 2 amide bonds. The number of nitrogens with zero attached hydrogens (tertiary/aromatic N) is 3. The molecule has 3 aliphatic carbocycles. The molecule has 10 nitrogen and oxygen atoms in total. The van der Waals surface area contributed by atoms with E-state index in [4.69, 9.17) is 14.3 Å². The maximum atomic E-state index is 14.4. The SMILES string of the molecule is CC[C@H](NC(=O)[C@@H]1C[C@@](C)(C/C=C/c2ccccc2)c2ncc(N(Cc3ccccc3)C(=O)O)c(=O)n21)B1O[C@@H]2C[C@@H]3C[C@@H](C3(C)C)[C@]2(C)O1. The van der Waals surface area contributed by atoms with Crippen molar-refractivity contribution in [2.24, 2.45) is 17.3 Å². The third kappa shape index (κ3) is 5.78.